The fourth-order valence-corrected chi connectivity index (χ4v) is 1.41. The molecule has 0 aromatic carbocycles. The van der Waals surface area contributed by atoms with Crippen LogP contribution in [0.2, 0.25) is 0 Å². The van der Waals surface area contributed by atoms with Crippen LogP contribution in [0, 0.1) is 10.1 Å². The molecule has 12 heteroatoms. The first kappa shape index (κ1) is 17.5. The molecule has 0 amide bonds. The Morgan fingerprint density at radius 2 is 2.05 bits per heavy atom. The maximum Gasteiger partial charge on any atom is 0.573 e. The molecule has 0 atom stereocenters. The monoisotopic (exact) mass is 330 g/mol. The molecular formula is C10H7F5N2O5. The summed E-state index contributed by atoms with van der Waals surface area (Å²) in [5.41, 5.74) is -2.38. The highest BCUT2D eigenvalue weighted by Crippen LogP contribution is 2.37. The van der Waals surface area contributed by atoms with Crippen LogP contribution >= 0.6 is 0 Å². The van der Waals surface area contributed by atoms with Gasteiger partial charge in [-0.1, -0.05) is 0 Å². The Morgan fingerprint density at radius 1 is 1.45 bits per heavy atom. The molecule has 0 spiro atoms. The number of aromatic nitrogens is 1. The molecule has 1 rings (SSSR count). The van der Waals surface area contributed by atoms with Crippen molar-refractivity contribution < 1.29 is 41.1 Å². The van der Waals surface area contributed by atoms with Crippen molar-refractivity contribution >= 4 is 11.8 Å². The summed E-state index contributed by atoms with van der Waals surface area (Å²) in [5, 5.41) is 10.6. The zero-order chi connectivity index (χ0) is 17.1. The van der Waals surface area contributed by atoms with Gasteiger partial charge in [0.05, 0.1) is 12.7 Å². The molecule has 1 heterocycles. The molecular weight excluding hydrogens is 323 g/mol. The maximum absolute atomic E-state index is 12.8. The Kier molecular flexibility index (Phi) is 5.17. The second kappa shape index (κ2) is 6.49. The third-order valence-corrected chi connectivity index (χ3v) is 2.24. The van der Waals surface area contributed by atoms with Crippen molar-refractivity contribution in [2.24, 2.45) is 0 Å². The summed E-state index contributed by atoms with van der Waals surface area (Å²) < 4.78 is 70.2. The fourth-order valence-electron chi connectivity index (χ4n) is 1.41. The normalized spacial score (nSPS) is 11.4. The second-order valence-electron chi connectivity index (χ2n) is 3.70. The second-order valence-corrected chi connectivity index (χ2v) is 3.70. The molecule has 0 saturated heterocycles. The van der Waals surface area contributed by atoms with E-state index in [1.807, 2.05) is 0 Å². The molecule has 1 aromatic rings. The Labute approximate surface area is 118 Å². The topological polar surface area (TPSA) is 91.6 Å². The number of ether oxygens (including phenoxy) is 2. The Hall–Kier alpha value is -2.53. The van der Waals surface area contributed by atoms with Gasteiger partial charge in [0.15, 0.2) is 5.75 Å². The summed E-state index contributed by atoms with van der Waals surface area (Å²) in [5.74, 6) is -3.75. The standard InChI is InChI=1S/C10H7F5N2O5/c1-21-7(18)3-5-8(22-10(13,14)15)4(9(11)12)2-6(16-5)17(19)20/h2,9H,3H2,1H3. The van der Waals surface area contributed by atoms with Crippen LogP contribution in [0.3, 0.4) is 0 Å². The Balaban J connectivity index is 3.51. The van der Waals surface area contributed by atoms with Gasteiger partial charge in [0, 0.05) is 6.07 Å². The van der Waals surface area contributed by atoms with Gasteiger partial charge in [-0.3, -0.25) is 4.79 Å². The molecule has 0 aliphatic rings. The number of nitrogens with zero attached hydrogens (tertiary/aromatic N) is 2. The first-order valence-corrected chi connectivity index (χ1v) is 5.34. The summed E-state index contributed by atoms with van der Waals surface area (Å²) in [6.07, 6.45) is -9.88. The molecule has 0 aliphatic carbocycles. The first-order chi connectivity index (χ1) is 10.0. The van der Waals surface area contributed by atoms with E-state index in [0.29, 0.717) is 0 Å². The maximum atomic E-state index is 12.8. The van der Waals surface area contributed by atoms with Crippen LogP contribution in [0.4, 0.5) is 27.8 Å². The number of carbonyl (C=O) groups is 1. The predicted octanol–water partition coefficient (Wildman–Crippen LogP) is 2.54. The van der Waals surface area contributed by atoms with Gasteiger partial charge >= 0.3 is 18.1 Å². The molecule has 1 aromatic heterocycles. The van der Waals surface area contributed by atoms with Crippen LogP contribution in [-0.2, 0) is 16.0 Å². The van der Waals surface area contributed by atoms with Crippen molar-refractivity contribution in [3.8, 4) is 5.75 Å². The minimum Gasteiger partial charge on any atom is -0.469 e. The van der Waals surface area contributed by atoms with Gasteiger partial charge in [-0.15, -0.1) is 13.2 Å². The van der Waals surface area contributed by atoms with Crippen molar-refractivity contribution in [2.45, 2.75) is 19.2 Å². The first-order valence-electron chi connectivity index (χ1n) is 5.34. The van der Waals surface area contributed by atoms with Gasteiger partial charge in [0.1, 0.15) is 6.42 Å². The molecule has 0 fully saturated rings. The number of rotatable bonds is 5. The third kappa shape index (κ3) is 4.49. The lowest BCUT2D eigenvalue weighted by atomic mass is 10.1. The average Bonchev–Trinajstić information content (AvgIpc) is 2.37. The predicted molar refractivity (Wildman–Crippen MR) is 58.3 cm³/mol. The van der Waals surface area contributed by atoms with Crippen LogP contribution in [0.5, 0.6) is 5.75 Å². The number of hydrogen-bond acceptors (Lipinski definition) is 6. The van der Waals surface area contributed by atoms with Gasteiger partial charge in [-0.25, -0.2) is 8.78 Å². The van der Waals surface area contributed by atoms with E-state index in [0.717, 1.165) is 7.11 Å². The van der Waals surface area contributed by atoms with Gasteiger partial charge < -0.3 is 19.6 Å². The highest BCUT2D eigenvalue weighted by molar-refractivity contribution is 5.73. The molecule has 0 saturated carbocycles. The molecule has 0 aliphatic heterocycles. The summed E-state index contributed by atoms with van der Waals surface area (Å²) >= 11 is 0. The molecule has 22 heavy (non-hydrogen) atoms. The van der Waals surface area contributed by atoms with Gasteiger partial charge in [0.25, 0.3) is 6.43 Å². The number of halogens is 5. The van der Waals surface area contributed by atoms with Crippen LogP contribution < -0.4 is 4.74 Å². The van der Waals surface area contributed by atoms with Crippen molar-refractivity contribution in [3.63, 3.8) is 0 Å². The smallest absolute Gasteiger partial charge is 0.469 e. The van der Waals surface area contributed by atoms with E-state index >= 15 is 0 Å². The van der Waals surface area contributed by atoms with E-state index in [2.05, 4.69) is 14.5 Å². The zero-order valence-corrected chi connectivity index (χ0v) is 10.7. The molecule has 0 bridgehead atoms. The van der Waals surface area contributed by atoms with Crippen molar-refractivity contribution in [1.82, 2.24) is 4.98 Å². The quantitative estimate of drug-likeness (QED) is 0.357. The van der Waals surface area contributed by atoms with Crippen molar-refractivity contribution in [2.75, 3.05) is 7.11 Å². The number of alkyl halides is 5. The molecule has 0 radical (unpaired) electrons. The molecule has 7 nitrogen and oxygen atoms in total. The minimum atomic E-state index is -5.35. The fraction of sp³-hybridized carbons (Fsp3) is 0.400. The number of esters is 1. The summed E-state index contributed by atoms with van der Waals surface area (Å²) in [6.45, 7) is 0. The van der Waals surface area contributed by atoms with Crippen LogP contribution in [0.1, 0.15) is 17.7 Å². The highest BCUT2D eigenvalue weighted by Gasteiger charge is 2.38. The van der Waals surface area contributed by atoms with Crippen LogP contribution in [-0.4, -0.2) is 29.3 Å². The highest BCUT2D eigenvalue weighted by atomic mass is 19.4. The number of methoxy groups -OCH3 is 1. The van der Waals surface area contributed by atoms with E-state index in [9.17, 15) is 36.9 Å². The lowest BCUT2D eigenvalue weighted by Crippen LogP contribution is -2.21. The number of nitro groups is 1. The number of pyridine rings is 1. The number of carbonyl (C=O) groups excluding carboxylic acids is 1. The zero-order valence-electron chi connectivity index (χ0n) is 10.7. The minimum absolute atomic E-state index is 0.145. The Bertz CT molecular complexity index is 590. The lowest BCUT2D eigenvalue weighted by molar-refractivity contribution is -0.389. The van der Waals surface area contributed by atoms with Crippen LogP contribution in [0.15, 0.2) is 6.07 Å². The summed E-state index contributed by atoms with van der Waals surface area (Å²) in [4.78, 5) is 23.6. The number of hydrogen-bond donors (Lipinski definition) is 0. The van der Waals surface area contributed by atoms with E-state index in [4.69, 9.17) is 0 Å². The summed E-state index contributed by atoms with van der Waals surface area (Å²) in [6, 6.07) is 0.145. The van der Waals surface area contributed by atoms with E-state index in [-0.39, 0.29) is 6.07 Å². The van der Waals surface area contributed by atoms with Crippen molar-refractivity contribution in [3.05, 3.63) is 27.4 Å². The molecule has 0 unspecified atom stereocenters. The molecule has 122 valence electrons. The van der Waals surface area contributed by atoms with Gasteiger partial charge in [-0.2, -0.15) is 0 Å². The van der Waals surface area contributed by atoms with E-state index in [1.54, 1.807) is 0 Å². The largest absolute Gasteiger partial charge is 0.573 e. The van der Waals surface area contributed by atoms with Gasteiger partial charge in [0.2, 0.25) is 5.69 Å². The van der Waals surface area contributed by atoms with Crippen molar-refractivity contribution in [1.29, 1.82) is 0 Å². The average molecular weight is 330 g/mol. The lowest BCUT2D eigenvalue weighted by Gasteiger charge is -2.14. The Morgan fingerprint density at radius 3 is 2.45 bits per heavy atom. The van der Waals surface area contributed by atoms with E-state index in [1.165, 1.54) is 0 Å². The SMILES string of the molecule is COC(=O)Cc1nc([N+](=O)[O-])cc(C(F)F)c1OC(F)(F)F. The summed E-state index contributed by atoms with van der Waals surface area (Å²) in [7, 11) is 0.887. The molecule has 0 N–H and O–H groups in total. The van der Waals surface area contributed by atoms with Gasteiger partial charge in [-0.05, 0) is 9.91 Å². The van der Waals surface area contributed by atoms with E-state index < -0.39 is 52.9 Å². The van der Waals surface area contributed by atoms with Crippen LogP contribution in [0.25, 0.3) is 0 Å². The third-order valence-electron chi connectivity index (χ3n) is 2.24.